The molecular formula is C5H13LiOSi. The minimum atomic E-state index is -0.970. The van der Waals surface area contributed by atoms with Crippen molar-refractivity contribution in [3.8, 4) is 0 Å². The Morgan fingerprint density at radius 2 is 1.62 bits per heavy atom. The molecule has 0 aliphatic heterocycles. The van der Waals surface area contributed by atoms with Crippen LogP contribution >= 0.6 is 0 Å². The van der Waals surface area contributed by atoms with Crippen molar-refractivity contribution < 1.29 is 24.0 Å². The second-order valence-corrected chi connectivity index (χ2v) is 8.64. The average Bonchev–Trinajstić information content (AvgIpc) is 1.30. The van der Waals surface area contributed by atoms with Crippen LogP contribution in [0.1, 0.15) is 0 Å². The Kier molecular flexibility index (Phi) is 6.69. The molecule has 44 valence electrons. The molecule has 8 heavy (non-hydrogen) atoms. The molecule has 0 saturated carbocycles. The van der Waals surface area contributed by atoms with Gasteiger partial charge in [0.1, 0.15) is 0 Å². The molecule has 0 saturated heterocycles. The maximum atomic E-state index is 9.98. The van der Waals surface area contributed by atoms with E-state index < -0.39 is 8.07 Å². The Labute approximate surface area is 64.7 Å². The number of hydrogen-bond donors (Lipinski definition) is 0. The van der Waals surface area contributed by atoms with Crippen molar-refractivity contribution >= 4 is 8.07 Å². The van der Waals surface area contributed by atoms with Gasteiger partial charge in [0.05, 0.1) is 0 Å². The molecule has 0 heterocycles. The van der Waals surface area contributed by atoms with E-state index in [1.54, 1.807) is 0 Å². The first-order valence-corrected chi connectivity index (χ1v) is 6.35. The SMILES string of the molecule is C[Si](C)(C)CC[O-].[Li+]. The van der Waals surface area contributed by atoms with Crippen molar-refractivity contribution in [2.75, 3.05) is 6.61 Å². The maximum Gasteiger partial charge on any atom is 1.00 e. The van der Waals surface area contributed by atoms with E-state index in [4.69, 9.17) is 0 Å². The smallest absolute Gasteiger partial charge is 0.855 e. The Bertz CT molecular complexity index is 50.9. The molecule has 0 aliphatic rings. The van der Waals surface area contributed by atoms with Gasteiger partial charge in [-0.1, -0.05) is 25.7 Å². The van der Waals surface area contributed by atoms with Gasteiger partial charge in [-0.2, -0.15) is 0 Å². The van der Waals surface area contributed by atoms with Crippen molar-refractivity contribution in [2.45, 2.75) is 25.7 Å². The third kappa shape index (κ3) is 9.91. The van der Waals surface area contributed by atoms with Crippen molar-refractivity contribution in [3.05, 3.63) is 0 Å². The summed E-state index contributed by atoms with van der Waals surface area (Å²) < 4.78 is 0. The van der Waals surface area contributed by atoms with Crippen molar-refractivity contribution in [1.29, 1.82) is 0 Å². The van der Waals surface area contributed by atoms with E-state index >= 15 is 0 Å². The summed E-state index contributed by atoms with van der Waals surface area (Å²) in [6.07, 6.45) is 0. The van der Waals surface area contributed by atoms with Crippen LogP contribution in [-0.2, 0) is 0 Å². The second-order valence-electron chi connectivity index (χ2n) is 3.01. The van der Waals surface area contributed by atoms with Gasteiger partial charge in [-0.25, -0.2) is 0 Å². The van der Waals surface area contributed by atoms with Crippen LogP contribution < -0.4 is 24.0 Å². The number of hydrogen-bond acceptors (Lipinski definition) is 1. The molecule has 0 atom stereocenters. The quantitative estimate of drug-likeness (QED) is 0.379. The first-order chi connectivity index (χ1) is 3.06. The summed E-state index contributed by atoms with van der Waals surface area (Å²) in [5.74, 6) is 0. The van der Waals surface area contributed by atoms with E-state index in [1.165, 1.54) is 0 Å². The van der Waals surface area contributed by atoms with Crippen molar-refractivity contribution in [1.82, 2.24) is 0 Å². The molecule has 0 fully saturated rings. The van der Waals surface area contributed by atoms with Crippen LogP contribution in [-0.4, -0.2) is 14.7 Å². The van der Waals surface area contributed by atoms with E-state index in [1.807, 2.05) is 0 Å². The van der Waals surface area contributed by atoms with Gasteiger partial charge >= 0.3 is 18.9 Å². The molecule has 0 amide bonds. The third-order valence-electron chi connectivity index (χ3n) is 0.852. The average molecular weight is 124 g/mol. The summed E-state index contributed by atoms with van der Waals surface area (Å²) >= 11 is 0. The first kappa shape index (κ1) is 11.6. The zero-order chi connectivity index (χ0) is 5.91. The molecule has 0 rings (SSSR count). The molecule has 0 aromatic rings. The van der Waals surface area contributed by atoms with Gasteiger partial charge in [-0.05, 0) is 0 Å². The summed E-state index contributed by atoms with van der Waals surface area (Å²) in [6.45, 7) is 6.76. The topological polar surface area (TPSA) is 23.1 Å². The van der Waals surface area contributed by atoms with Crippen molar-refractivity contribution in [3.63, 3.8) is 0 Å². The minimum absolute atomic E-state index is 0. The second kappa shape index (κ2) is 4.63. The van der Waals surface area contributed by atoms with Gasteiger partial charge in [0.25, 0.3) is 0 Å². The maximum absolute atomic E-state index is 9.98. The van der Waals surface area contributed by atoms with Crippen LogP contribution in [0.15, 0.2) is 0 Å². The zero-order valence-corrected chi connectivity index (χ0v) is 7.32. The van der Waals surface area contributed by atoms with Crippen LogP contribution in [0.3, 0.4) is 0 Å². The molecule has 3 heteroatoms. The van der Waals surface area contributed by atoms with Gasteiger partial charge in [-0.3, -0.25) is 0 Å². The normalized spacial score (nSPS) is 10.5. The standard InChI is InChI=1S/C5H13OSi.Li/c1-7(2,3)5-4-6;/h4-5H2,1-3H3;/q-1;+1. The van der Waals surface area contributed by atoms with Gasteiger partial charge in [-0.15, -0.1) is 6.61 Å². The molecule has 1 nitrogen and oxygen atoms in total. The van der Waals surface area contributed by atoms with Gasteiger partial charge in [0.2, 0.25) is 0 Å². The molecule has 0 aliphatic carbocycles. The van der Waals surface area contributed by atoms with Gasteiger partial charge in [0, 0.05) is 8.07 Å². The van der Waals surface area contributed by atoms with Crippen LogP contribution in [0.2, 0.25) is 25.7 Å². The fraction of sp³-hybridized carbons (Fsp3) is 1.00. The summed E-state index contributed by atoms with van der Waals surface area (Å²) in [5, 5.41) is 9.98. The van der Waals surface area contributed by atoms with Crippen LogP contribution in [0, 0.1) is 0 Å². The van der Waals surface area contributed by atoms with Gasteiger partial charge < -0.3 is 5.11 Å². The van der Waals surface area contributed by atoms with Crippen LogP contribution in [0.4, 0.5) is 0 Å². The molecule has 0 aromatic heterocycles. The Morgan fingerprint density at radius 3 is 1.62 bits per heavy atom. The predicted molar refractivity (Wildman–Crippen MR) is 33.0 cm³/mol. The summed E-state index contributed by atoms with van der Waals surface area (Å²) in [4.78, 5) is 0. The van der Waals surface area contributed by atoms with Crippen LogP contribution in [0.5, 0.6) is 0 Å². The molecular weight excluding hydrogens is 111 g/mol. The monoisotopic (exact) mass is 124 g/mol. The van der Waals surface area contributed by atoms with E-state index in [9.17, 15) is 5.11 Å². The van der Waals surface area contributed by atoms with E-state index in [-0.39, 0.29) is 25.5 Å². The van der Waals surface area contributed by atoms with E-state index in [0.29, 0.717) is 0 Å². The first-order valence-electron chi connectivity index (χ1n) is 2.64. The Balaban J connectivity index is 0. The van der Waals surface area contributed by atoms with E-state index in [2.05, 4.69) is 19.6 Å². The molecule has 0 bridgehead atoms. The number of rotatable bonds is 2. The molecule has 0 unspecified atom stereocenters. The Morgan fingerprint density at radius 1 is 1.25 bits per heavy atom. The molecule has 0 N–H and O–H groups in total. The largest absolute Gasteiger partial charge is 1.00 e. The summed E-state index contributed by atoms with van der Waals surface area (Å²) in [6, 6.07) is 0.924. The van der Waals surface area contributed by atoms with Gasteiger partial charge in [0.15, 0.2) is 0 Å². The van der Waals surface area contributed by atoms with E-state index in [0.717, 1.165) is 6.04 Å². The molecule has 0 aromatic carbocycles. The predicted octanol–water partition coefficient (Wildman–Crippen LogP) is -2.31. The summed E-state index contributed by atoms with van der Waals surface area (Å²) in [7, 11) is -0.970. The summed E-state index contributed by atoms with van der Waals surface area (Å²) in [5.41, 5.74) is 0. The minimum Gasteiger partial charge on any atom is -0.855 e. The van der Waals surface area contributed by atoms with Crippen molar-refractivity contribution in [2.24, 2.45) is 0 Å². The fourth-order valence-electron chi connectivity index (χ4n) is 0.306. The molecule has 0 spiro atoms. The van der Waals surface area contributed by atoms with Crippen LogP contribution in [0.25, 0.3) is 0 Å². The fourth-order valence-corrected chi connectivity index (χ4v) is 0.919. The zero-order valence-electron chi connectivity index (χ0n) is 6.32. The Hall–Kier alpha value is 0.774. The third-order valence-corrected chi connectivity index (χ3v) is 2.56. The molecule has 0 radical (unpaired) electrons.